The Morgan fingerprint density at radius 3 is 2.37 bits per heavy atom. The van der Waals surface area contributed by atoms with Crippen LogP contribution in [0.4, 0.5) is 20.4 Å². The number of nitrogens with zero attached hydrogens (tertiary/aromatic N) is 5. The fourth-order valence-electron chi connectivity index (χ4n) is 4.82. The highest BCUT2D eigenvalue weighted by Crippen LogP contribution is 2.36. The maximum absolute atomic E-state index is 15.1. The van der Waals surface area contributed by atoms with Crippen LogP contribution in [0.15, 0.2) is 65.6 Å². The van der Waals surface area contributed by atoms with Gasteiger partial charge in [0.1, 0.15) is 10.8 Å². The van der Waals surface area contributed by atoms with Crippen molar-refractivity contribution < 1.29 is 26.8 Å². The molecule has 2 aromatic carbocycles. The van der Waals surface area contributed by atoms with E-state index in [4.69, 9.17) is 11.6 Å². The van der Waals surface area contributed by atoms with Gasteiger partial charge in [0, 0.05) is 62.5 Å². The zero-order valence-corrected chi connectivity index (χ0v) is 23.2. The molecule has 1 radical (unpaired) electrons. The number of aromatic nitrogens is 2. The lowest BCUT2D eigenvalue weighted by Crippen LogP contribution is -2.49. The van der Waals surface area contributed by atoms with Gasteiger partial charge in [0.05, 0.1) is 11.1 Å². The molecule has 5 rings (SSSR count). The number of carbonyl (C=O) groups excluding carboxylic acids is 2. The average Bonchev–Trinajstić information content (AvgIpc) is 3.36. The number of benzene rings is 2. The largest absolute Gasteiger partial charge is 0.349 e. The molecule has 1 N–H and O–H groups in total. The lowest BCUT2D eigenvalue weighted by Gasteiger charge is -2.34. The van der Waals surface area contributed by atoms with Gasteiger partial charge in [-0.05, 0) is 24.3 Å². The molecular formula is C26H25BClF2N6O4S. The van der Waals surface area contributed by atoms with Crippen LogP contribution in [0, 0.1) is 0 Å². The lowest BCUT2D eigenvalue weighted by atomic mass is 9.96. The Bertz CT molecular complexity index is 1530. The minimum Gasteiger partial charge on any atom is -0.349 e. The molecule has 2 saturated heterocycles. The number of sulfonamides is 1. The van der Waals surface area contributed by atoms with Crippen LogP contribution in [0.3, 0.4) is 0 Å². The van der Waals surface area contributed by atoms with Crippen LogP contribution in [0.1, 0.15) is 17.7 Å². The Balaban J connectivity index is 1.25. The number of hydrogen-bond donors (Lipinski definition) is 1. The molecule has 2 fully saturated rings. The molecule has 0 spiro atoms. The number of carbonyl (C=O) groups is 2. The number of alkyl halides is 2. The summed E-state index contributed by atoms with van der Waals surface area (Å²) in [5.41, 5.74) is -0.227. The number of piperazine rings is 1. The third-order valence-corrected chi connectivity index (χ3v) is 9.08. The molecule has 2 aliphatic heterocycles. The molecule has 0 aliphatic carbocycles. The molecule has 41 heavy (non-hydrogen) atoms. The standard InChI is InChI=1S/C26H25BClF2N6O4S/c28-23-15-22(26(29,30)18-4-2-1-3-5-18)31-25(32-23)34-10-12-35(13-11-34)41(39,40)21-8-6-20(7-9-21)36-16-19(14-24(36)38)33-27-17-37/h1-9,15,17,19,33H,10-14,16H2. The van der Waals surface area contributed by atoms with Gasteiger partial charge in [0.15, 0.2) is 0 Å². The van der Waals surface area contributed by atoms with Crippen LogP contribution in [-0.4, -0.2) is 81.0 Å². The molecule has 15 heteroatoms. The van der Waals surface area contributed by atoms with Crippen molar-refractivity contribution in [3.8, 4) is 0 Å². The molecule has 3 aromatic rings. The van der Waals surface area contributed by atoms with Crippen LogP contribution < -0.4 is 15.0 Å². The summed E-state index contributed by atoms with van der Waals surface area (Å²) in [6.45, 7) is 0.845. The minimum absolute atomic E-state index is 0.00155. The highest BCUT2D eigenvalue weighted by atomic mass is 35.5. The predicted octanol–water partition coefficient (Wildman–Crippen LogP) is 2.29. The maximum atomic E-state index is 15.1. The van der Waals surface area contributed by atoms with E-state index in [1.54, 1.807) is 23.1 Å². The van der Waals surface area contributed by atoms with Gasteiger partial charge in [0.2, 0.25) is 21.9 Å². The van der Waals surface area contributed by atoms with E-state index in [0.29, 0.717) is 18.4 Å². The normalized spacial score (nSPS) is 18.5. The summed E-state index contributed by atoms with van der Waals surface area (Å²) in [4.78, 5) is 34.3. The molecule has 0 bridgehead atoms. The van der Waals surface area contributed by atoms with Crippen molar-refractivity contribution in [1.82, 2.24) is 19.5 Å². The highest BCUT2D eigenvalue weighted by molar-refractivity contribution is 7.89. The number of halogens is 3. The van der Waals surface area contributed by atoms with Gasteiger partial charge < -0.3 is 19.8 Å². The first-order chi connectivity index (χ1) is 19.6. The van der Waals surface area contributed by atoms with Crippen LogP contribution in [0.5, 0.6) is 0 Å². The maximum Gasteiger partial charge on any atom is 0.315 e. The number of rotatable bonds is 9. The van der Waals surface area contributed by atoms with E-state index in [1.165, 1.54) is 53.0 Å². The van der Waals surface area contributed by atoms with Crippen molar-refractivity contribution in [3.05, 3.63) is 77.1 Å². The van der Waals surface area contributed by atoms with E-state index < -0.39 is 21.6 Å². The molecule has 3 heterocycles. The second kappa shape index (κ2) is 11.8. The summed E-state index contributed by atoms with van der Waals surface area (Å²) in [5.74, 6) is -3.54. The van der Waals surface area contributed by atoms with Crippen molar-refractivity contribution in [2.24, 2.45) is 0 Å². The zero-order chi connectivity index (χ0) is 29.2. The topological polar surface area (TPSA) is 116 Å². The van der Waals surface area contributed by atoms with E-state index >= 15 is 8.78 Å². The molecular weight excluding hydrogens is 577 g/mol. The summed E-state index contributed by atoms with van der Waals surface area (Å²) in [7, 11) is -2.62. The van der Waals surface area contributed by atoms with Crippen LogP contribution in [-0.2, 0) is 25.5 Å². The zero-order valence-electron chi connectivity index (χ0n) is 21.7. The Labute approximate surface area is 241 Å². The van der Waals surface area contributed by atoms with E-state index in [9.17, 15) is 18.0 Å². The van der Waals surface area contributed by atoms with Crippen molar-refractivity contribution >= 4 is 52.8 Å². The lowest BCUT2D eigenvalue weighted by molar-refractivity contribution is -0.117. The van der Waals surface area contributed by atoms with Gasteiger partial charge in [0.25, 0.3) is 7.41 Å². The minimum atomic E-state index is -3.86. The molecule has 213 valence electrons. The van der Waals surface area contributed by atoms with Gasteiger partial charge in [-0.15, -0.1) is 0 Å². The van der Waals surface area contributed by atoms with Crippen LogP contribution >= 0.6 is 11.6 Å². The third kappa shape index (κ3) is 6.10. The molecule has 1 atom stereocenters. The number of nitrogens with one attached hydrogen (secondary N) is 1. The Morgan fingerprint density at radius 2 is 1.71 bits per heavy atom. The van der Waals surface area contributed by atoms with Gasteiger partial charge >= 0.3 is 5.92 Å². The summed E-state index contributed by atoms with van der Waals surface area (Å²) in [6.07, 6.45) is 0.826. The van der Waals surface area contributed by atoms with Crippen molar-refractivity contribution in [2.45, 2.75) is 23.3 Å². The Hall–Kier alpha value is -3.46. The smallest absolute Gasteiger partial charge is 0.315 e. The first-order valence-corrected chi connectivity index (χ1v) is 14.6. The van der Waals surface area contributed by atoms with Gasteiger partial charge in [-0.2, -0.15) is 13.1 Å². The molecule has 1 unspecified atom stereocenters. The van der Waals surface area contributed by atoms with Gasteiger partial charge in [-0.1, -0.05) is 41.9 Å². The summed E-state index contributed by atoms with van der Waals surface area (Å²) in [5, 5.41) is 2.72. The molecule has 10 nitrogen and oxygen atoms in total. The molecule has 1 amide bonds. The second-order valence-electron chi connectivity index (χ2n) is 9.58. The van der Waals surface area contributed by atoms with E-state index in [2.05, 4.69) is 15.2 Å². The highest BCUT2D eigenvalue weighted by Gasteiger charge is 2.38. The number of anilines is 2. The van der Waals surface area contributed by atoms with Crippen LogP contribution in [0.25, 0.3) is 0 Å². The SMILES string of the molecule is O=C[B]NC1CC(=O)N(c2ccc(S(=O)(=O)N3CCN(c4nc(Cl)cc(C(F)(F)c5ccccc5)n4)CC3)cc2)C1. The number of hydrogen-bond acceptors (Lipinski definition) is 8. The first-order valence-electron chi connectivity index (χ1n) is 12.8. The average molecular weight is 602 g/mol. The second-order valence-corrected chi connectivity index (χ2v) is 11.9. The molecule has 0 saturated carbocycles. The fraction of sp³-hybridized carbons (Fsp3) is 0.308. The van der Waals surface area contributed by atoms with Crippen molar-refractivity contribution in [1.29, 1.82) is 0 Å². The molecule has 1 aromatic heterocycles. The van der Waals surface area contributed by atoms with Gasteiger partial charge in [-0.3, -0.25) is 4.79 Å². The predicted molar refractivity (Wildman–Crippen MR) is 150 cm³/mol. The van der Waals surface area contributed by atoms with E-state index in [-0.39, 0.29) is 66.1 Å². The Kier molecular flexibility index (Phi) is 8.36. The molecule has 2 aliphatic rings. The fourth-order valence-corrected chi connectivity index (χ4v) is 6.42. The Morgan fingerprint density at radius 1 is 1.02 bits per heavy atom. The van der Waals surface area contributed by atoms with Gasteiger partial charge in [-0.25, -0.2) is 18.4 Å². The van der Waals surface area contributed by atoms with Crippen molar-refractivity contribution in [3.63, 3.8) is 0 Å². The quantitative estimate of drug-likeness (QED) is 0.226. The summed E-state index contributed by atoms with van der Waals surface area (Å²) < 4.78 is 58.2. The van der Waals surface area contributed by atoms with Crippen LogP contribution in [0.2, 0.25) is 5.15 Å². The van der Waals surface area contributed by atoms with Crippen molar-refractivity contribution in [2.75, 3.05) is 42.5 Å². The number of amides is 1. The first kappa shape index (κ1) is 29.1. The monoisotopic (exact) mass is 601 g/mol. The third-order valence-electron chi connectivity index (χ3n) is 6.97. The summed E-state index contributed by atoms with van der Waals surface area (Å²) in [6, 6.07) is 14.1. The van der Waals surface area contributed by atoms with E-state index in [1.807, 2.05) is 0 Å². The van der Waals surface area contributed by atoms with E-state index in [0.717, 1.165) is 6.07 Å². The summed E-state index contributed by atoms with van der Waals surface area (Å²) >= 11 is 6.08.